The van der Waals surface area contributed by atoms with Crippen molar-refractivity contribution >= 4 is 28.8 Å². The highest BCUT2D eigenvalue weighted by molar-refractivity contribution is 7.16. The number of carbonyl (C=O) groups is 1. The number of carbonyl (C=O) groups excluding carboxylic acids is 1. The van der Waals surface area contributed by atoms with Crippen molar-refractivity contribution < 1.29 is 9.53 Å². The predicted octanol–water partition coefficient (Wildman–Crippen LogP) is 1.59. The van der Waals surface area contributed by atoms with Gasteiger partial charge in [0.1, 0.15) is 0 Å². The molecule has 1 fully saturated rings. The molecule has 100 valence electrons. The van der Waals surface area contributed by atoms with Crippen molar-refractivity contribution in [3.63, 3.8) is 0 Å². The molecular formula is C12H17ClN2O2S. The molecular weight excluding hydrogens is 272 g/mol. The van der Waals surface area contributed by atoms with Gasteiger partial charge in [-0.15, -0.1) is 11.3 Å². The molecule has 0 spiro atoms. The molecule has 2 atom stereocenters. The lowest BCUT2D eigenvalue weighted by molar-refractivity contribution is -0.135. The first-order valence-electron chi connectivity index (χ1n) is 5.86. The molecule has 0 aliphatic carbocycles. The van der Waals surface area contributed by atoms with E-state index in [9.17, 15) is 4.79 Å². The number of nitrogens with one attached hydrogen (secondary N) is 1. The van der Waals surface area contributed by atoms with Gasteiger partial charge in [0, 0.05) is 18.0 Å². The minimum atomic E-state index is -0.0876. The quantitative estimate of drug-likeness (QED) is 0.915. The Morgan fingerprint density at radius 2 is 2.39 bits per heavy atom. The van der Waals surface area contributed by atoms with Gasteiger partial charge in [0.05, 0.1) is 30.0 Å². The van der Waals surface area contributed by atoms with Gasteiger partial charge in [-0.25, -0.2) is 0 Å². The molecule has 1 aromatic rings. The van der Waals surface area contributed by atoms with Crippen molar-refractivity contribution in [2.24, 2.45) is 5.92 Å². The van der Waals surface area contributed by atoms with Crippen molar-refractivity contribution in [1.82, 2.24) is 10.2 Å². The molecule has 0 saturated carbocycles. The highest BCUT2D eigenvalue weighted by Crippen LogP contribution is 2.23. The zero-order valence-corrected chi connectivity index (χ0v) is 12.1. The summed E-state index contributed by atoms with van der Waals surface area (Å²) in [6.45, 7) is 1.70. The maximum Gasteiger partial charge on any atom is 0.229 e. The molecule has 1 aliphatic heterocycles. The zero-order valence-electron chi connectivity index (χ0n) is 10.5. The number of halogens is 1. The summed E-state index contributed by atoms with van der Waals surface area (Å²) in [5, 5.41) is 3.13. The largest absolute Gasteiger partial charge is 0.379 e. The van der Waals surface area contributed by atoms with Crippen LogP contribution in [0.5, 0.6) is 0 Å². The average molecular weight is 289 g/mol. The SMILES string of the molecule is CNC1COCC1C(=O)N(C)Cc1ccc(Cl)s1. The van der Waals surface area contributed by atoms with Crippen LogP contribution in [0.4, 0.5) is 0 Å². The highest BCUT2D eigenvalue weighted by atomic mass is 35.5. The molecule has 2 unspecified atom stereocenters. The van der Waals surface area contributed by atoms with Crippen molar-refractivity contribution in [2.45, 2.75) is 12.6 Å². The number of hydrogen-bond donors (Lipinski definition) is 1. The number of hydrogen-bond acceptors (Lipinski definition) is 4. The molecule has 1 N–H and O–H groups in total. The Bertz CT molecular complexity index is 424. The third kappa shape index (κ3) is 3.03. The number of thiophene rings is 1. The Kier molecular flexibility index (Phi) is 4.61. The molecule has 1 saturated heterocycles. The second-order valence-electron chi connectivity index (χ2n) is 4.44. The molecule has 18 heavy (non-hydrogen) atoms. The monoisotopic (exact) mass is 288 g/mol. The number of rotatable bonds is 4. The maximum atomic E-state index is 12.3. The van der Waals surface area contributed by atoms with E-state index in [-0.39, 0.29) is 17.9 Å². The van der Waals surface area contributed by atoms with Gasteiger partial charge in [-0.3, -0.25) is 4.79 Å². The van der Waals surface area contributed by atoms with E-state index in [1.54, 1.807) is 4.90 Å². The van der Waals surface area contributed by atoms with E-state index >= 15 is 0 Å². The first-order valence-corrected chi connectivity index (χ1v) is 7.05. The van der Waals surface area contributed by atoms with E-state index in [2.05, 4.69) is 5.32 Å². The predicted molar refractivity (Wildman–Crippen MR) is 73.0 cm³/mol. The van der Waals surface area contributed by atoms with Crippen molar-refractivity contribution in [3.05, 3.63) is 21.3 Å². The van der Waals surface area contributed by atoms with Crippen LogP contribution in [0.2, 0.25) is 4.34 Å². The summed E-state index contributed by atoms with van der Waals surface area (Å²) in [5.74, 6) is 0.0341. The van der Waals surface area contributed by atoms with Gasteiger partial charge in [0.25, 0.3) is 0 Å². The number of nitrogens with zero attached hydrogens (tertiary/aromatic N) is 1. The van der Waals surface area contributed by atoms with Crippen LogP contribution in [0.15, 0.2) is 12.1 Å². The molecule has 6 heteroatoms. The minimum absolute atomic E-state index is 0.0876. The van der Waals surface area contributed by atoms with E-state index in [4.69, 9.17) is 16.3 Å². The van der Waals surface area contributed by atoms with E-state index < -0.39 is 0 Å². The smallest absolute Gasteiger partial charge is 0.229 e. The van der Waals surface area contributed by atoms with Gasteiger partial charge in [0.2, 0.25) is 5.91 Å². The van der Waals surface area contributed by atoms with Crippen molar-refractivity contribution in [2.75, 3.05) is 27.3 Å². The number of ether oxygens (including phenoxy) is 1. The summed E-state index contributed by atoms with van der Waals surface area (Å²) in [7, 11) is 3.68. The van der Waals surface area contributed by atoms with E-state index in [1.165, 1.54) is 11.3 Å². The summed E-state index contributed by atoms with van der Waals surface area (Å²) < 4.78 is 6.11. The van der Waals surface area contributed by atoms with Gasteiger partial charge in [0.15, 0.2) is 0 Å². The summed E-state index contributed by atoms with van der Waals surface area (Å²) >= 11 is 7.39. The second-order valence-corrected chi connectivity index (χ2v) is 6.24. The third-order valence-electron chi connectivity index (χ3n) is 3.17. The van der Waals surface area contributed by atoms with Crippen molar-refractivity contribution in [1.29, 1.82) is 0 Å². The van der Waals surface area contributed by atoms with E-state index in [0.29, 0.717) is 19.8 Å². The third-order valence-corrected chi connectivity index (χ3v) is 4.38. The molecule has 0 aromatic carbocycles. The van der Waals surface area contributed by atoms with Crippen LogP contribution >= 0.6 is 22.9 Å². The fourth-order valence-corrected chi connectivity index (χ4v) is 3.25. The number of amides is 1. The minimum Gasteiger partial charge on any atom is -0.379 e. The van der Waals surface area contributed by atoms with Crippen LogP contribution in [0, 0.1) is 5.92 Å². The van der Waals surface area contributed by atoms with Gasteiger partial charge < -0.3 is 15.0 Å². The summed E-state index contributed by atoms with van der Waals surface area (Å²) in [4.78, 5) is 15.1. The summed E-state index contributed by atoms with van der Waals surface area (Å²) in [5.41, 5.74) is 0. The van der Waals surface area contributed by atoms with Crippen LogP contribution < -0.4 is 5.32 Å². The van der Waals surface area contributed by atoms with Gasteiger partial charge in [-0.1, -0.05) is 11.6 Å². The number of likely N-dealkylation sites (N-methyl/N-ethyl adjacent to an activating group) is 1. The van der Waals surface area contributed by atoms with Gasteiger partial charge in [-0.2, -0.15) is 0 Å². The topological polar surface area (TPSA) is 41.6 Å². The molecule has 2 heterocycles. The van der Waals surface area contributed by atoms with Crippen LogP contribution in [0.3, 0.4) is 0 Å². The highest BCUT2D eigenvalue weighted by Gasteiger charge is 2.34. The molecule has 1 aromatic heterocycles. The Morgan fingerprint density at radius 1 is 1.61 bits per heavy atom. The van der Waals surface area contributed by atoms with Gasteiger partial charge >= 0.3 is 0 Å². The lowest BCUT2D eigenvalue weighted by Gasteiger charge is -2.23. The van der Waals surface area contributed by atoms with Crippen LogP contribution in [-0.2, 0) is 16.1 Å². The van der Waals surface area contributed by atoms with Crippen LogP contribution in [0.1, 0.15) is 4.88 Å². The average Bonchev–Trinajstić information content (AvgIpc) is 2.96. The van der Waals surface area contributed by atoms with Crippen LogP contribution in [-0.4, -0.2) is 44.2 Å². The lowest BCUT2D eigenvalue weighted by atomic mass is 10.0. The molecule has 2 rings (SSSR count). The van der Waals surface area contributed by atoms with Crippen LogP contribution in [0.25, 0.3) is 0 Å². The molecule has 1 amide bonds. The molecule has 0 radical (unpaired) electrons. The maximum absolute atomic E-state index is 12.3. The first kappa shape index (κ1) is 13.8. The van der Waals surface area contributed by atoms with Crippen molar-refractivity contribution in [3.8, 4) is 0 Å². The van der Waals surface area contributed by atoms with Gasteiger partial charge in [-0.05, 0) is 19.2 Å². The molecule has 1 aliphatic rings. The Labute approximate surface area is 116 Å². The fraction of sp³-hybridized carbons (Fsp3) is 0.583. The summed E-state index contributed by atoms with van der Waals surface area (Å²) in [6.07, 6.45) is 0. The zero-order chi connectivity index (χ0) is 13.1. The summed E-state index contributed by atoms with van der Waals surface area (Å²) in [6, 6.07) is 3.93. The fourth-order valence-electron chi connectivity index (χ4n) is 2.11. The Hall–Kier alpha value is -0.620. The lowest BCUT2D eigenvalue weighted by Crippen LogP contribution is -2.43. The Morgan fingerprint density at radius 3 is 3.00 bits per heavy atom. The van der Waals surface area contributed by atoms with E-state index in [0.717, 1.165) is 9.21 Å². The standard InChI is InChI=1S/C12H17ClN2O2S/c1-14-10-7-17-6-9(10)12(16)15(2)5-8-3-4-11(13)18-8/h3-4,9-10,14H,5-7H2,1-2H3. The second kappa shape index (κ2) is 6.02. The first-order chi connectivity index (χ1) is 8.61. The molecule has 0 bridgehead atoms. The normalized spacial score (nSPS) is 23.3. The molecule has 4 nitrogen and oxygen atoms in total. The van der Waals surface area contributed by atoms with E-state index in [1.807, 2.05) is 26.2 Å². The Balaban J connectivity index is 1.96.